The van der Waals surface area contributed by atoms with Gasteiger partial charge in [-0.05, 0) is 66.8 Å². The van der Waals surface area contributed by atoms with Crippen molar-refractivity contribution in [2.45, 2.75) is 39.8 Å². The van der Waals surface area contributed by atoms with Crippen molar-refractivity contribution in [3.05, 3.63) is 87.7 Å². The van der Waals surface area contributed by atoms with E-state index in [9.17, 15) is 14.7 Å². The summed E-state index contributed by atoms with van der Waals surface area (Å²) in [5.41, 5.74) is 7.63. The van der Waals surface area contributed by atoms with Crippen LogP contribution < -0.4 is 20.7 Å². The number of aliphatic hydroxyl groups is 1. The van der Waals surface area contributed by atoms with Crippen LogP contribution in [0.15, 0.2) is 59.7 Å². The maximum atomic E-state index is 13.9. The number of hydrogen-bond donors (Lipinski definition) is 2. The van der Waals surface area contributed by atoms with Gasteiger partial charge in [-0.15, -0.1) is 0 Å². The van der Waals surface area contributed by atoms with Gasteiger partial charge in [0.2, 0.25) is 0 Å². The van der Waals surface area contributed by atoms with Crippen LogP contribution in [0.1, 0.15) is 41.2 Å². The third-order valence-electron chi connectivity index (χ3n) is 9.60. The van der Waals surface area contributed by atoms with Crippen LogP contribution >= 0.6 is 0 Å². The van der Waals surface area contributed by atoms with E-state index in [1.165, 1.54) is 15.8 Å². The summed E-state index contributed by atoms with van der Waals surface area (Å²) in [6, 6.07) is 13.5. The van der Waals surface area contributed by atoms with Crippen LogP contribution in [0.5, 0.6) is 0 Å². The minimum Gasteiger partial charge on any atom is -0.392 e. The molecule has 1 fully saturated rings. The van der Waals surface area contributed by atoms with Crippen LogP contribution in [0.4, 0.5) is 22.9 Å². The predicted molar refractivity (Wildman–Crippen MR) is 178 cm³/mol. The fourth-order valence-corrected chi connectivity index (χ4v) is 7.20. The molecule has 1 saturated heterocycles. The maximum absolute atomic E-state index is 13.9. The average Bonchev–Trinajstić information content (AvgIpc) is 3.52. The summed E-state index contributed by atoms with van der Waals surface area (Å²) in [5.74, 6) is 0.532. The lowest BCUT2D eigenvalue weighted by Gasteiger charge is -2.33. The Hall–Kier alpha value is -4.41. The Labute approximate surface area is 263 Å². The highest BCUT2D eigenvalue weighted by Gasteiger charge is 2.37. The average molecular weight is 608 g/mol. The van der Waals surface area contributed by atoms with Crippen molar-refractivity contribution >= 4 is 28.8 Å². The van der Waals surface area contributed by atoms with Crippen LogP contribution in [0.2, 0.25) is 0 Å². The fourth-order valence-electron chi connectivity index (χ4n) is 7.20. The lowest BCUT2D eigenvalue weighted by atomic mass is 9.90. The molecule has 0 atom stereocenters. The van der Waals surface area contributed by atoms with E-state index >= 15 is 0 Å². The molecule has 234 valence electrons. The molecule has 0 bridgehead atoms. The molecule has 45 heavy (non-hydrogen) atoms. The van der Waals surface area contributed by atoms with E-state index in [2.05, 4.69) is 51.6 Å². The Kier molecular flexibility index (Phi) is 7.29. The first kappa shape index (κ1) is 29.3. The Morgan fingerprint density at radius 1 is 0.956 bits per heavy atom. The van der Waals surface area contributed by atoms with Crippen LogP contribution in [-0.4, -0.2) is 69.8 Å². The summed E-state index contributed by atoms with van der Waals surface area (Å²) in [7, 11) is 3.85. The van der Waals surface area contributed by atoms with Crippen LogP contribution in [0.25, 0.3) is 11.1 Å². The molecule has 4 aromatic rings. The van der Waals surface area contributed by atoms with E-state index in [1.54, 1.807) is 24.2 Å². The number of amides is 1. The molecule has 3 aliphatic rings. The molecule has 0 spiro atoms. The highest BCUT2D eigenvalue weighted by molar-refractivity contribution is 6.07. The van der Waals surface area contributed by atoms with Gasteiger partial charge in [-0.2, -0.15) is 0 Å². The number of pyridine rings is 2. The number of likely N-dealkylation sites (N-methyl/N-ethyl adjacent to an activating group) is 1. The Bertz CT molecular complexity index is 1830. The Balaban J connectivity index is 1.17. The monoisotopic (exact) mass is 607 g/mol. The number of hydrogen-bond acceptors (Lipinski definition) is 7. The second-order valence-electron chi connectivity index (χ2n) is 13.5. The van der Waals surface area contributed by atoms with Gasteiger partial charge in [0.25, 0.3) is 11.5 Å². The minimum atomic E-state index is -0.248. The van der Waals surface area contributed by atoms with Gasteiger partial charge in [-0.1, -0.05) is 26.0 Å². The number of benzene rings is 1. The lowest BCUT2D eigenvalue weighted by Crippen LogP contribution is -2.44. The smallest absolute Gasteiger partial charge is 0.274 e. The zero-order valence-corrected chi connectivity index (χ0v) is 26.5. The van der Waals surface area contributed by atoms with Crippen molar-refractivity contribution in [3.63, 3.8) is 0 Å². The van der Waals surface area contributed by atoms with Crippen LogP contribution in [0.3, 0.4) is 0 Å². The van der Waals surface area contributed by atoms with Gasteiger partial charge < -0.3 is 34.3 Å². The minimum absolute atomic E-state index is 0.0470. The predicted octanol–water partition coefficient (Wildman–Crippen LogP) is 4.02. The normalized spacial score (nSPS) is 17.8. The molecular weight excluding hydrogens is 566 g/mol. The number of aliphatic hydroxyl groups excluding tert-OH is 1. The number of nitrogens with zero attached hydrogens (tertiary/aromatic N) is 6. The van der Waals surface area contributed by atoms with Crippen molar-refractivity contribution in [3.8, 4) is 11.1 Å². The van der Waals surface area contributed by atoms with E-state index in [-0.39, 0.29) is 23.5 Å². The SMILES string of the molecule is CN1CCN(c2ccc(Nc3cc(-c4cccc(N5CCn6c(cc7c6CC(C)(C)C7)C5=O)c4CO)cn(C)c3=O)nc2)CC1. The second-order valence-corrected chi connectivity index (χ2v) is 13.5. The number of aromatic nitrogens is 3. The van der Waals surface area contributed by atoms with Gasteiger partial charge in [0.05, 0.1) is 24.2 Å². The molecule has 2 aliphatic heterocycles. The van der Waals surface area contributed by atoms with Gasteiger partial charge in [0, 0.05) is 69.3 Å². The quantitative estimate of drug-likeness (QED) is 0.342. The van der Waals surface area contributed by atoms with Gasteiger partial charge >= 0.3 is 0 Å². The van der Waals surface area contributed by atoms with Crippen LogP contribution in [0, 0.1) is 5.41 Å². The van der Waals surface area contributed by atoms with E-state index in [0.717, 1.165) is 68.1 Å². The van der Waals surface area contributed by atoms with Crippen molar-refractivity contribution in [2.24, 2.45) is 12.5 Å². The first-order valence-electron chi connectivity index (χ1n) is 15.8. The number of carbonyl (C=O) groups is 1. The first-order valence-corrected chi connectivity index (χ1v) is 15.8. The highest BCUT2D eigenvalue weighted by atomic mass is 16.3. The molecule has 5 heterocycles. The first-order chi connectivity index (χ1) is 21.6. The summed E-state index contributed by atoms with van der Waals surface area (Å²) >= 11 is 0. The summed E-state index contributed by atoms with van der Waals surface area (Å²) < 4.78 is 3.73. The number of nitrogens with one attached hydrogen (secondary N) is 1. The molecule has 3 aromatic heterocycles. The fraction of sp³-hybridized carbons (Fsp3) is 0.400. The van der Waals surface area contributed by atoms with Crippen molar-refractivity contribution < 1.29 is 9.90 Å². The van der Waals surface area contributed by atoms with E-state index in [0.29, 0.717) is 29.3 Å². The van der Waals surface area contributed by atoms with Gasteiger partial charge in [0.15, 0.2) is 0 Å². The van der Waals surface area contributed by atoms with Gasteiger partial charge in [-0.25, -0.2) is 4.98 Å². The summed E-state index contributed by atoms with van der Waals surface area (Å²) in [6.45, 7) is 9.48. The molecule has 2 N–H and O–H groups in total. The summed E-state index contributed by atoms with van der Waals surface area (Å²) in [4.78, 5) is 38.1. The molecule has 0 radical (unpaired) electrons. The van der Waals surface area contributed by atoms with E-state index in [1.807, 2.05) is 36.5 Å². The number of rotatable bonds is 6. The van der Waals surface area contributed by atoms with Crippen molar-refractivity contribution in [2.75, 3.05) is 54.9 Å². The van der Waals surface area contributed by atoms with E-state index < -0.39 is 0 Å². The highest BCUT2D eigenvalue weighted by Crippen LogP contribution is 2.40. The zero-order valence-electron chi connectivity index (χ0n) is 26.5. The van der Waals surface area contributed by atoms with Crippen LogP contribution in [-0.2, 0) is 33.0 Å². The third kappa shape index (κ3) is 5.32. The third-order valence-corrected chi connectivity index (χ3v) is 9.60. The van der Waals surface area contributed by atoms with Gasteiger partial charge in [-0.3, -0.25) is 9.59 Å². The molecular formula is C35H41N7O3. The Morgan fingerprint density at radius 2 is 1.76 bits per heavy atom. The van der Waals surface area contributed by atoms with E-state index in [4.69, 9.17) is 0 Å². The molecule has 1 aromatic carbocycles. The largest absolute Gasteiger partial charge is 0.392 e. The number of anilines is 4. The summed E-state index contributed by atoms with van der Waals surface area (Å²) in [5, 5.41) is 13.9. The van der Waals surface area contributed by atoms with Gasteiger partial charge in [0.1, 0.15) is 17.2 Å². The molecule has 10 heteroatoms. The molecule has 7 rings (SSSR count). The van der Waals surface area contributed by atoms with Crippen molar-refractivity contribution in [1.29, 1.82) is 0 Å². The van der Waals surface area contributed by atoms with Crippen molar-refractivity contribution in [1.82, 2.24) is 19.0 Å². The number of carbonyl (C=O) groups excluding carboxylic acids is 1. The topological polar surface area (TPSA) is 98.9 Å². The molecule has 1 amide bonds. The molecule has 0 saturated carbocycles. The summed E-state index contributed by atoms with van der Waals surface area (Å²) in [6.07, 6.45) is 5.57. The standard InChI is InChI=1S/C35H41N7O3/c1-35(2)18-23-17-30-34(45)42(15-14-41(30)31(23)19-35)29-7-5-6-26(27(29)22-43)24-16-28(33(44)39(4)21-24)37-32-9-8-25(20-36-32)40-12-10-38(3)11-13-40/h5-9,16-17,20-21,43H,10-15,18-19,22H2,1-4H3,(H,36,37). The number of aryl methyl sites for hydroxylation is 1. The second kappa shape index (κ2) is 11.2. The lowest BCUT2D eigenvalue weighted by molar-refractivity contribution is 0.0963. The number of fused-ring (bicyclic) bond motifs is 3. The molecule has 10 nitrogen and oxygen atoms in total. The zero-order chi connectivity index (χ0) is 31.5. The molecule has 1 aliphatic carbocycles. The number of piperazine rings is 1. The Morgan fingerprint density at radius 3 is 2.49 bits per heavy atom. The molecule has 0 unspecified atom stereocenters. The maximum Gasteiger partial charge on any atom is 0.274 e.